The van der Waals surface area contributed by atoms with Gasteiger partial charge in [-0.25, -0.2) is 0 Å². The normalized spacial score (nSPS) is 9.79. The molecule has 0 saturated carbocycles. The van der Waals surface area contributed by atoms with Crippen LogP contribution in [-0.4, -0.2) is 13.6 Å². The molecule has 0 heterocycles. The molecule has 0 unspecified atom stereocenters. The molecule has 4 heteroatoms. The van der Waals surface area contributed by atoms with Crippen LogP contribution in [0.3, 0.4) is 0 Å². The molecule has 0 fully saturated rings. The Morgan fingerprint density at radius 1 is 1.43 bits per heavy atom. The van der Waals surface area contributed by atoms with E-state index in [9.17, 15) is 0 Å². The lowest BCUT2D eigenvalue weighted by Crippen LogP contribution is -1.86. The van der Waals surface area contributed by atoms with Gasteiger partial charge < -0.3 is 5.32 Å². The molecule has 0 bridgehead atoms. The highest BCUT2D eigenvalue weighted by atomic mass is 15.1. The van der Waals surface area contributed by atoms with Gasteiger partial charge in [0.2, 0.25) is 0 Å². The third-order valence-corrected chi connectivity index (χ3v) is 1.76. The van der Waals surface area contributed by atoms with Crippen LogP contribution >= 0.6 is 0 Å². The molecule has 0 radical (unpaired) electrons. The molecule has 0 aromatic heterocycles. The van der Waals surface area contributed by atoms with Crippen molar-refractivity contribution in [2.24, 2.45) is 5.11 Å². The SMILES string of the molecule is CNc1ccc(C=CCN=[N+]=[N-])cc1. The molecule has 1 N–H and O–H groups in total. The predicted octanol–water partition coefficient (Wildman–Crippen LogP) is 3.05. The molecule has 0 aliphatic carbocycles. The van der Waals surface area contributed by atoms with Crippen LogP contribution in [0.15, 0.2) is 35.5 Å². The third kappa shape index (κ3) is 3.21. The second-order valence-corrected chi connectivity index (χ2v) is 2.69. The summed E-state index contributed by atoms with van der Waals surface area (Å²) in [4.78, 5) is 2.66. The Bertz CT molecular complexity index is 347. The summed E-state index contributed by atoms with van der Waals surface area (Å²) in [6.45, 7) is 0.393. The minimum Gasteiger partial charge on any atom is -0.388 e. The lowest BCUT2D eigenvalue weighted by molar-refractivity contribution is 1.22. The number of nitrogens with zero attached hydrogens (tertiary/aromatic N) is 3. The lowest BCUT2D eigenvalue weighted by atomic mass is 10.2. The summed E-state index contributed by atoms with van der Waals surface area (Å²) < 4.78 is 0. The summed E-state index contributed by atoms with van der Waals surface area (Å²) >= 11 is 0. The first-order valence-electron chi connectivity index (χ1n) is 4.32. The number of anilines is 1. The molecule has 0 atom stereocenters. The van der Waals surface area contributed by atoms with E-state index in [2.05, 4.69) is 15.3 Å². The Kier molecular flexibility index (Phi) is 4.11. The van der Waals surface area contributed by atoms with Gasteiger partial charge in [0, 0.05) is 24.2 Å². The monoisotopic (exact) mass is 188 g/mol. The maximum absolute atomic E-state index is 8.05. The maximum atomic E-state index is 8.05. The molecular weight excluding hydrogens is 176 g/mol. The van der Waals surface area contributed by atoms with Crippen molar-refractivity contribution in [2.45, 2.75) is 0 Å². The zero-order chi connectivity index (χ0) is 10.2. The van der Waals surface area contributed by atoms with Crippen LogP contribution in [0.2, 0.25) is 0 Å². The number of rotatable bonds is 4. The van der Waals surface area contributed by atoms with Crippen molar-refractivity contribution < 1.29 is 0 Å². The van der Waals surface area contributed by atoms with Gasteiger partial charge in [0.1, 0.15) is 0 Å². The Morgan fingerprint density at radius 3 is 2.71 bits per heavy atom. The zero-order valence-corrected chi connectivity index (χ0v) is 8.01. The van der Waals surface area contributed by atoms with Crippen molar-refractivity contribution >= 4 is 11.8 Å². The Labute approximate surface area is 82.9 Å². The average molecular weight is 188 g/mol. The zero-order valence-electron chi connectivity index (χ0n) is 8.01. The van der Waals surface area contributed by atoms with E-state index in [0.717, 1.165) is 11.3 Å². The first-order valence-corrected chi connectivity index (χ1v) is 4.32. The van der Waals surface area contributed by atoms with Crippen LogP contribution in [0.1, 0.15) is 5.56 Å². The Morgan fingerprint density at radius 2 is 2.14 bits per heavy atom. The van der Waals surface area contributed by atoms with Gasteiger partial charge in [0.15, 0.2) is 0 Å². The highest BCUT2D eigenvalue weighted by Crippen LogP contribution is 2.09. The van der Waals surface area contributed by atoms with E-state index in [4.69, 9.17) is 5.53 Å². The first-order chi connectivity index (χ1) is 6.86. The fourth-order valence-electron chi connectivity index (χ4n) is 1.03. The average Bonchev–Trinajstić information content (AvgIpc) is 2.25. The minimum atomic E-state index is 0.393. The van der Waals surface area contributed by atoms with Crippen LogP contribution < -0.4 is 5.32 Å². The number of hydrogen-bond acceptors (Lipinski definition) is 2. The standard InChI is InChI=1S/C10H12N4/c1-12-10-6-4-9(5-7-10)3-2-8-13-14-11/h2-7,12H,8H2,1H3. The van der Waals surface area contributed by atoms with Gasteiger partial charge in [-0.3, -0.25) is 0 Å². The Balaban J connectivity index is 2.59. The van der Waals surface area contributed by atoms with E-state index < -0.39 is 0 Å². The van der Waals surface area contributed by atoms with E-state index in [1.807, 2.05) is 43.5 Å². The number of hydrogen-bond donors (Lipinski definition) is 1. The van der Waals surface area contributed by atoms with E-state index in [1.165, 1.54) is 0 Å². The molecule has 0 saturated heterocycles. The van der Waals surface area contributed by atoms with Crippen LogP contribution in [0.25, 0.3) is 16.5 Å². The second-order valence-electron chi connectivity index (χ2n) is 2.69. The van der Waals surface area contributed by atoms with Crippen molar-refractivity contribution in [1.82, 2.24) is 0 Å². The molecule has 0 aliphatic heterocycles. The third-order valence-electron chi connectivity index (χ3n) is 1.76. The quantitative estimate of drug-likeness (QED) is 0.440. The summed E-state index contributed by atoms with van der Waals surface area (Å²) in [7, 11) is 1.88. The molecule has 1 aromatic rings. The molecule has 0 spiro atoms. The van der Waals surface area contributed by atoms with Gasteiger partial charge in [-0.15, -0.1) is 0 Å². The molecule has 4 nitrogen and oxygen atoms in total. The van der Waals surface area contributed by atoms with Crippen LogP contribution in [0.5, 0.6) is 0 Å². The highest BCUT2D eigenvalue weighted by Gasteiger charge is 1.87. The van der Waals surface area contributed by atoms with Gasteiger partial charge >= 0.3 is 0 Å². The topological polar surface area (TPSA) is 60.8 Å². The summed E-state index contributed by atoms with van der Waals surface area (Å²) in [5, 5.41) is 6.44. The van der Waals surface area contributed by atoms with Crippen molar-refractivity contribution in [3.05, 3.63) is 46.3 Å². The smallest absolute Gasteiger partial charge is 0.0443 e. The fraction of sp³-hybridized carbons (Fsp3) is 0.200. The first kappa shape index (κ1) is 10.2. The van der Waals surface area contributed by atoms with Crippen LogP contribution in [0, 0.1) is 0 Å². The maximum Gasteiger partial charge on any atom is 0.0443 e. The predicted molar refractivity (Wildman–Crippen MR) is 59.0 cm³/mol. The second kappa shape index (κ2) is 5.67. The largest absolute Gasteiger partial charge is 0.388 e. The number of benzene rings is 1. The molecule has 72 valence electrons. The van der Waals surface area contributed by atoms with E-state index in [-0.39, 0.29) is 0 Å². The summed E-state index contributed by atoms with van der Waals surface area (Å²) in [6, 6.07) is 7.98. The molecule has 1 rings (SSSR count). The van der Waals surface area contributed by atoms with Crippen LogP contribution in [-0.2, 0) is 0 Å². The Hall–Kier alpha value is -1.93. The molecule has 14 heavy (non-hydrogen) atoms. The molecule has 0 aliphatic rings. The van der Waals surface area contributed by atoms with Crippen molar-refractivity contribution in [1.29, 1.82) is 0 Å². The summed E-state index contributed by atoms with van der Waals surface area (Å²) in [5.41, 5.74) is 10.2. The van der Waals surface area contributed by atoms with Crippen molar-refractivity contribution in [3.8, 4) is 0 Å². The summed E-state index contributed by atoms with van der Waals surface area (Å²) in [6.07, 6.45) is 3.75. The highest BCUT2D eigenvalue weighted by molar-refractivity contribution is 5.54. The fourth-order valence-corrected chi connectivity index (χ4v) is 1.03. The van der Waals surface area contributed by atoms with Crippen LogP contribution in [0.4, 0.5) is 5.69 Å². The van der Waals surface area contributed by atoms with Gasteiger partial charge in [-0.1, -0.05) is 29.4 Å². The van der Waals surface area contributed by atoms with E-state index >= 15 is 0 Å². The number of nitrogens with one attached hydrogen (secondary N) is 1. The molecule has 1 aromatic carbocycles. The van der Waals surface area contributed by atoms with Gasteiger partial charge in [-0.2, -0.15) is 0 Å². The number of azide groups is 1. The molecular formula is C10H12N4. The van der Waals surface area contributed by atoms with Gasteiger partial charge in [0.25, 0.3) is 0 Å². The lowest BCUT2D eigenvalue weighted by Gasteiger charge is -1.98. The minimum absolute atomic E-state index is 0.393. The van der Waals surface area contributed by atoms with Crippen molar-refractivity contribution in [2.75, 3.05) is 18.9 Å². The summed E-state index contributed by atoms with van der Waals surface area (Å²) in [5.74, 6) is 0. The van der Waals surface area contributed by atoms with E-state index in [1.54, 1.807) is 0 Å². The molecule has 0 amide bonds. The van der Waals surface area contributed by atoms with Gasteiger partial charge in [0.05, 0.1) is 0 Å². The van der Waals surface area contributed by atoms with Crippen molar-refractivity contribution in [3.63, 3.8) is 0 Å². The van der Waals surface area contributed by atoms with Gasteiger partial charge in [-0.05, 0) is 23.2 Å². The van der Waals surface area contributed by atoms with E-state index in [0.29, 0.717) is 6.54 Å².